The molecule has 0 saturated carbocycles. The SMILES string of the molecule is COC(=O)C[C@H]1C=CC[C@@H]1B([C@H]1CC=C[C@@H]1CC(=O)OC)[C@H]1CC=C[C@@H]1CC(=O)OC. The number of ether oxygens (including phenoxy) is 3. The van der Waals surface area contributed by atoms with Crippen LogP contribution >= 0.6 is 0 Å². The van der Waals surface area contributed by atoms with E-state index in [1.807, 2.05) is 0 Å². The number of methoxy groups -OCH3 is 3. The van der Waals surface area contributed by atoms with Gasteiger partial charge in [-0.15, -0.1) is 0 Å². The van der Waals surface area contributed by atoms with Crippen LogP contribution in [-0.4, -0.2) is 46.0 Å². The summed E-state index contributed by atoms with van der Waals surface area (Å²) < 4.78 is 14.8. The Morgan fingerprint density at radius 2 is 0.935 bits per heavy atom. The van der Waals surface area contributed by atoms with Gasteiger partial charge in [0.05, 0.1) is 40.6 Å². The van der Waals surface area contributed by atoms with Crippen molar-refractivity contribution in [2.24, 2.45) is 17.8 Å². The molecule has 0 spiro atoms. The number of esters is 3. The third-order valence-corrected chi connectivity index (χ3v) is 7.40. The Kier molecular flexibility index (Phi) is 8.16. The van der Waals surface area contributed by atoms with Crippen molar-refractivity contribution < 1.29 is 28.6 Å². The van der Waals surface area contributed by atoms with Gasteiger partial charge in [0, 0.05) is 0 Å². The van der Waals surface area contributed by atoms with Gasteiger partial charge >= 0.3 is 17.9 Å². The van der Waals surface area contributed by atoms with Gasteiger partial charge in [-0.05, 0) is 37.0 Å². The zero-order valence-corrected chi connectivity index (χ0v) is 18.7. The largest absolute Gasteiger partial charge is 0.469 e. The first-order chi connectivity index (χ1) is 15.0. The molecular weight excluding hydrogens is 395 g/mol. The Morgan fingerprint density at radius 1 is 0.645 bits per heavy atom. The molecule has 0 aromatic rings. The molecule has 0 aliphatic heterocycles. The van der Waals surface area contributed by atoms with Crippen LogP contribution in [0.2, 0.25) is 17.5 Å². The van der Waals surface area contributed by atoms with Crippen LogP contribution in [0.4, 0.5) is 0 Å². The molecule has 0 heterocycles. The Labute approximate surface area is 185 Å². The summed E-state index contributed by atoms with van der Waals surface area (Å²) in [6.07, 6.45) is 16.7. The van der Waals surface area contributed by atoms with E-state index in [0.717, 1.165) is 19.3 Å². The molecule has 0 saturated heterocycles. The summed E-state index contributed by atoms with van der Waals surface area (Å²) in [4.78, 5) is 36.2. The first kappa shape index (κ1) is 23.4. The smallest absolute Gasteiger partial charge is 0.306 e. The molecule has 3 aliphatic carbocycles. The van der Waals surface area contributed by atoms with Gasteiger partial charge in [0.15, 0.2) is 6.71 Å². The van der Waals surface area contributed by atoms with Gasteiger partial charge in [-0.2, -0.15) is 0 Å². The summed E-state index contributed by atoms with van der Waals surface area (Å²) in [5.41, 5.74) is 0. The van der Waals surface area contributed by atoms with E-state index in [-0.39, 0.29) is 59.8 Å². The van der Waals surface area contributed by atoms with Crippen LogP contribution in [-0.2, 0) is 28.6 Å². The monoisotopic (exact) mass is 428 g/mol. The van der Waals surface area contributed by atoms with Gasteiger partial charge in [0.25, 0.3) is 0 Å². The minimum absolute atomic E-state index is 0.108. The lowest BCUT2D eigenvalue weighted by atomic mass is 9.23. The number of carbonyl (C=O) groups is 3. The topological polar surface area (TPSA) is 78.9 Å². The summed E-state index contributed by atoms with van der Waals surface area (Å²) in [6, 6.07) is 0. The first-order valence-electron chi connectivity index (χ1n) is 11.2. The third-order valence-electron chi connectivity index (χ3n) is 7.40. The van der Waals surface area contributed by atoms with Crippen LogP contribution in [0.15, 0.2) is 36.5 Å². The van der Waals surface area contributed by atoms with Crippen molar-refractivity contribution in [1.82, 2.24) is 0 Å². The predicted molar refractivity (Wildman–Crippen MR) is 119 cm³/mol. The molecular formula is C24H33BO6. The molecule has 0 unspecified atom stereocenters. The maximum atomic E-state index is 12.1. The Balaban J connectivity index is 1.88. The zero-order valence-electron chi connectivity index (χ0n) is 18.7. The number of hydrogen-bond acceptors (Lipinski definition) is 6. The molecule has 0 amide bonds. The third kappa shape index (κ3) is 5.49. The molecule has 0 aromatic heterocycles. The van der Waals surface area contributed by atoms with Crippen molar-refractivity contribution in [2.45, 2.75) is 56.0 Å². The van der Waals surface area contributed by atoms with Crippen LogP contribution < -0.4 is 0 Å². The van der Waals surface area contributed by atoms with Crippen LogP contribution in [0.5, 0.6) is 0 Å². The fourth-order valence-electron chi connectivity index (χ4n) is 5.95. The van der Waals surface area contributed by atoms with Crippen LogP contribution in [0.3, 0.4) is 0 Å². The number of carbonyl (C=O) groups excluding carboxylic acids is 3. The van der Waals surface area contributed by atoms with E-state index < -0.39 is 0 Å². The molecule has 168 valence electrons. The zero-order chi connectivity index (χ0) is 22.4. The maximum Gasteiger partial charge on any atom is 0.306 e. The highest BCUT2D eigenvalue weighted by molar-refractivity contribution is 6.64. The fourth-order valence-corrected chi connectivity index (χ4v) is 5.95. The lowest BCUT2D eigenvalue weighted by molar-refractivity contribution is -0.142. The fraction of sp³-hybridized carbons (Fsp3) is 0.625. The van der Waals surface area contributed by atoms with Gasteiger partial charge in [0.1, 0.15) is 0 Å². The summed E-state index contributed by atoms with van der Waals surface area (Å²) in [5, 5.41) is 0. The van der Waals surface area contributed by atoms with Crippen molar-refractivity contribution in [2.75, 3.05) is 21.3 Å². The molecule has 3 aliphatic rings. The van der Waals surface area contributed by atoms with E-state index >= 15 is 0 Å². The normalized spacial score (nSPS) is 31.1. The van der Waals surface area contributed by atoms with Crippen molar-refractivity contribution in [3.63, 3.8) is 0 Å². The van der Waals surface area contributed by atoms with E-state index in [1.54, 1.807) is 0 Å². The Morgan fingerprint density at radius 3 is 1.19 bits per heavy atom. The van der Waals surface area contributed by atoms with Crippen LogP contribution in [0.1, 0.15) is 38.5 Å². The maximum absolute atomic E-state index is 12.1. The number of rotatable bonds is 9. The quantitative estimate of drug-likeness (QED) is 0.239. The highest BCUT2D eigenvalue weighted by atomic mass is 16.5. The lowest BCUT2D eigenvalue weighted by Gasteiger charge is -2.39. The molecule has 6 nitrogen and oxygen atoms in total. The minimum atomic E-state index is -0.202. The highest BCUT2D eigenvalue weighted by Gasteiger charge is 2.48. The summed E-state index contributed by atoms with van der Waals surface area (Å²) >= 11 is 0. The second kappa shape index (κ2) is 10.8. The van der Waals surface area contributed by atoms with Gasteiger partial charge in [-0.25, -0.2) is 0 Å². The molecule has 0 bridgehead atoms. The molecule has 3 rings (SSSR count). The predicted octanol–water partition coefficient (Wildman–Crippen LogP) is 4.01. The van der Waals surface area contributed by atoms with E-state index in [0.29, 0.717) is 19.3 Å². The molecule has 0 aromatic carbocycles. The van der Waals surface area contributed by atoms with E-state index in [9.17, 15) is 14.4 Å². The van der Waals surface area contributed by atoms with Crippen LogP contribution in [0.25, 0.3) is 0 Å². The lowest BCUT2D eigenvalue weighted by Crippen LogP contribution is -2.39. The molecule has 0 N–H and O–H groups in total. The highest BCUT2D eigenvalue weighted by Crippen LogP contribution is 2.54. The standard InChI is InChI=1S/C24H33BO6/c1-29-22(26)13-16-7-4-10-19(16)25(20-11-5-8-17(20)14-23(27)30-2)21-12-6-9-18(21)15-24(28)31-3/h4-9,16-21H,10-15H2,1-3H3/t16-,17-,18-,19+,20+,21+/m1/s1. The van der Waals surface area contributed by atoms with Crippen molar-refractivity contribution in [3.8, 4) is 0 Å². The number of hydrogen-bond donors (Lipinski definition) is 0. The van der Waals surface area contributed by atoms with Gasteiger partial charge < -0.3 is 14.2 Å². The molecule has 31 heavy (non-hydrogen) atoms. The van der Waals surface area contributed by atoms with Crippen molar-refractivity contribution >= 4 is 24.6 Å². The second-order valence-electron chi connectivity index (χ2n) is 8.89. The number of allylic oxidation sites excluding steroid dienone is 6. The molecule has 0 radical (unpaired) electrons. The summed E-state index contributed by atoms with van der Waals surface area (Å²) in [6.45, 7) is 0.263. The van der Waals surface area contributed by atoms with E-state index in [2.05, 4.69) is 36.5 Å². The first-order valence-corrected chi connectivity index (χ1v) is 11.2. The molecule has 6 atom stereocenters. The molecule has 7 heteroatoms. The van der Waals surface area contributed by atoms with E-state index in [4.69, 9.17) is 14.2 Å². The average Bonchev–Trinajstić information content (AvgIpc) is 3.52. The van der Waals surface area contributed by atoms with Gasteiger partial charge in [-0.3, -0.25) is 14.4 Å². The average molecular weight is 428 g/mol. The Hall–Kier alpha value is -2.31. The van der Waals surface area contributed by atoms with Gasteiger partial charge in [0.2, 0.25) is 0 Å². The van der Waals surface area contributed by atoms with Crippen molar-refractivity contribution in [3.05, 3.63) is 36.5 Å². The van der Waals surface area contributed by atoms with Crippen molar-refractivity contribution in [1.29, 1.82) is 0 Å². The second-order valence-corrected chi connectivity index (χ2v) is 8.89. The van der Waals surface area contributed by atoms with Gasteiger partial charge in [-0.1, -0.05) is 53.9 Å². The minimum Gasteiger partial charge on any atom is -0.469 e. The summed E-state index contributed by atoms with van der Waals surface area (Å²) in [7, 11) is 4.27. The summed E-state index contributed by atoms with van der Waals surface area (Å²) in [5.74, 6) is 0.533. The van der Waals surface area contributed by atoms with Crippen LogP contribution in [0, 0.1) is 17.8 Å². The Bertz CT molecular complexity index is 657. The molecule has 0 fully saturated rings. The van der Waals surface area contributed by atoms with E-state index in [1.165, 1.54) is 21.3 Å².